The normalized spacial score (nSPS) is 15.2. The zero-order valence-electron chi connectivity index (χ0n) is 10.1. The Morgan fingerprint density at radius 1 is 1.50 bits per heavy atom. The summed E-state index contributed by atoms with van der Waals surface area (Å²) in [5.41, 5.74) is 6.48. The van der Waals surface area contributed by atoms with Gasteiger partial charge in [-0.1, -0.05) is 6.07 Å². The quantitative estimate of drug-likeness (QED) is 0.714. The topological polar surface area (TPSA) is 84.7 Å². The SMILES string of the molecule is COc1cccc(N)c1C(=O)N1CCNC(=O)C1. The molecule has 1 aromatic rings. The van der Waals surface area contributed by atoms with Gasteiger partial charge in [0.05, 0.1) is 13.7 Å². The van der Waals surface area contributed by atoms with Crippen LogP contribution in [0.15, 0.2) is 18.2 Å². The number of hydrogen-bond donors (Lipinski definition) is 2. The van der Waals surface area contributed by atoms with E-state index in [1.807, 2.05) is 0 Å². The molecule has 0 radical (unpaired) electrons. The largest absolute Gasteiger partial charge is 0.496 e. The molecule has 1 saturated heterocycles. The van der Waals surface area contributed by atoms with Crippen molar-refractivity contribution in [2.24, 2.45) is 0 Å². The minimum atomic E-state index is -0.278. The number of anilines is 1. The van der Waals surface area contributed by atoms with E-state index in [2.05, 4.69) is 5.32 Å². The number of nitrogens with one attached hydrogen (secondary N) is 1. The average Bonchev–Trinajstić information content (AvgIpc) is 2.37. The average molecular weight is 249 g/mol. The van der Waals surface area contributed by atoms with E-state index in [9.17, 15) is 9.59 Å². The zero-order valence-corrected chi connectivity index (χ0v) is 10.1. The van der Waals surface area contributed by atoms with Gasteiger partial charge in [-0.25, -0.2) is 0 Å². The molecule has 3 N–H and O–H groups in total. The standard InChI is InChI=1S/C12H15N3O3/c1-18-9-4-2-3-8(13)11(9)12(17)15-6-5-14-10(16)7-15/h2-4H,5-7,13H2,1H3,(H,14,16). The lowest BCUT2D eigenvalue weighted by Gasteiger charge is -2.27. The van der Waals surface area contributed by atoms with Crippen molar-refractivity contribution in [3.05, 3.63) is 23.8 Å². The second kappa shape index (κ2) is 4.95. The van der Waals surface area contributed by atoms with E-state index in [1.54, 1.807) is 18.2 Å². The van der Waals surface area contributed by atoms with Crippen LogP contribution in [0.1, 0.15) is 10.4 Å². The van der Waals surface area contributed by atoms with Gasteiger partial charge in [-0.05, 0) is 12.1 Å². The number of amides is 2. The van der Waals surface area contributed by atoms with E-state index < -0.39 is 0 Å². The van der Waals surface area contributed by atoms with Crippen molar-refractivity contribution in [3.63, 3.8) is 0 Å². The first kappa shape index (κ1) is 12.2. The minimum absolute atomic E-state index is 0.0519. The maximum absolute atomic E-state index is 12.3. The number of benzene rings is 1. The molecule has 0 atom stereocenters. The fourth-order valence-corrected chi connectivity index (χ4v) is 1.92. The third-order valence-electron chi connectivity index (χ3n) is 2.82. The number of piperazine rings is 1. The minimum Gasteiger partial charge on any atom is -0.496 e. The molecular weight excluding hydrogens is 234 g/mol. The van der Waals surface area contributed by atoms with E-state index in [0.29, 0.717) is 30.1 Å². The van der Waals surface area contributed by atoms with Crippen molar-refractivity contribution in [3.8, 4) is 5.75 Å². The molecule has 0 aromatic heterocycles. The number of carbonyl (C=O) groups excluding carboxylic acids is 2. The summed E-state index contributed by atoms with van der Waals surface area (Å²) >= 11 is 0. The van der Waals surface area contributed by atoms with Gasteiger partial charge in [-0.2, -0.15) is 0 Å². The molecule has 18 heavy (non-hydrogen) atoms. The fraction of sp³-hybridized carbons (Fsp3) is 0.333. The molecule has 1 aliphatic heterocycles. The van der Waals surface area contributed by atoms with Gasteiger partial charge in [0.25, 0.3) is 5.91 Å². The summed E-state index contributed by atoms with van der Waals surface area (Å²) in [7, 11) is 1.48. The lowest BCUT2D eigenvalue weighted by atomic mass is 10.1. The van der Waals surface area contributed by atoms with Crippen LogP contribution < -0.4 is 15.8 Å². The predicted molar refractivity (Wildman–Crippen MR) is 66.3 cm³/mol. The molecule has 0 saturated carbocycles. The van der Waals surface area contributed by atoms with E-state index in [4.69, 9.17) is 10.5 Å². The number of hydrogen-bond acceptors (Lipinski definition) is 4. The highest BCUT2D eigenvalue weighted by Crippen LogP contribution is 2.25. The second-order valence-electron chi connectivity index (χ2n) is 4.00. The molecule has 6 nitrogen and oxygen atoms in total. The predicted octanol–water partition coefficient (Wildman–Crippen LogP) is -0.151. The van der Waals surface area contributed by atoms with Crippen molar-refractivity contribution in [2.45, 2.75) is 0 Å². The smallest absolute Gasteiger partial charge is 0.260 e. The molecule has 0 unspecified atom stereocenters. The van der Waals surface area contributed by atoms with Gasteiger partial charge >= 0.3 is 0 Å². The van der Waals surface area contributed by atoms with Crippen molar-refractivity contribution < 1.29 is 14.3 Å². The van der Waals surface area contributed by atoms with Crippen LogP contribution in [0.4, 0.5) is 5.69 Å². The first-order valence-corrected chi connectivity index (χ1v) is 5.62. The summed E-state index contributed by atoms with van der Waals surface area (Å²) in [5.74, 6) is -0.0196. The maximum Gasteiger partial charge on any atom is 0.260 e. The summed E-state index contributed by atoms with van der Waals surface area (Å²) < 4.78 is 5.14. The Kier molecular flexibility index (Phi) is 3.36. The second-order valence-corrected chi connectivity index (χ2v) is 4.00. The van der Waals surface area contributed by atoms with Crippen LogP contribution in [0.3, 0.4) is 0 Å². The highest BCUT2D eigenvalue weighted by atomic mass is 16.5. The number of rotatable bonds is 2. The summed E-state index contributed by atoms with van der Waals surface area (Å²) in [6.45, 7) is 0.984. The Morgan fingerprint density at radius 3 is 2.94 bits per heavy atom. The molecule has 0 spiro atoms. The van der Waals surface area contributed by atoms with Crippen LogP contribution in [-0.4, -0.2) is 43.5 Å². The van der Waals surface area contributed by atoms with Gasteiger partial charge in [0.1, 0.15) is 11.3 Å². The molecule has 2 rings (SSSR count). The van der Waals surface area contributed by atoms with E-state index in [0.717, 1.165) is 0 Å². The molecule has 1 heterocycles. The number of nitrogen functional groups attached to an aromatic ring is 1. The summed E-state index contributed by atoms with van der Waals surface area (Å²) in [4.78, 5) is 25.1. The van der Waals surface area contributed by atoms with Gasteiger partial charge < -0.3 is 20.7 Å². The fourth-order valence-electron chi connectivity index (χ4n) is 1.92. The molecule has 0 bridgehead atoms. The van der Waals surface area contributed by atoms with Gasteiger partial charge in [0.15, 0.2) is 0 Å². The number of methoxy groups -OCH3 is 1. The van der Waals surface area contributed by atoms with Crippen LogP contribution in [0.5, 0.6) is 5.75 Å². The molecule has 2 amide bonds. The molecule has 0 aliphatic carbocycles. The third-order valence-corrected chi connectivity index (χ3v) is 2.82. The first-order valence-electron chi connectivity index (χ1n) is 5.62. The number of carbonyl (C=O) groups is 2. The highest BCUT2D eigenvalue weighted by Gasteiger charge is 2.26. The van der Waals surface area contributed by atoms with Gasteiger partial charge in [0, 0.05) is 18.8 Å². The van der Waals surface area contributed by atoms with E-state index in [-0.39, 0.29) is 18.4 Å². The highest BCUT2D eigenvalue weighted by molar-refractivity contribution is 6.03. The van der Waals surface area contributed by atoms with Gasteiger partial charge in [-0.3, -0.25) is 9.59 Å². The Bertz CT molecular complexity index is 487. The Hall–Kier alpha value is -2.24. The molecule has 1 aromatic carbocycles. The number of ether oxygens (including phenoxy) is 1. The van der Waals surface area contributed by atoms with Crippen molar-refractivity contribution >= 4 is 17.5 Å². The van der Waals surface area contributed by atoms with Gasteiger partial charge in [0.2, 0.25) is 5.91 Å². The molecule has 96 valence electrons. The number of nitrogens with zero attached hydrogens (tertiary/aromatic N) is 1. The summed E-state index contributed by atoms with van der Waals surface area (Å²) in [6, 6.07) is 5.03. The Morgan fingerprint density at radius 2 is 2.28 bits per heavy atom. The molecular formula is C12H15N3O3. The lowest BCUT2D eigenvalue weighted by Crippen LogP contribution is -2.50. The van der Waals surface area contributed by atoms with E-state index in [1.165, 1.54) is 12.0 Å². The van der Waals surface area contributed by atoms with Crippen LogP contribution in [0, 0.1) is 0 Å². The first-order chi connectivity index (χ1) is 8.63. The van der Waals surface area contributed by atoms with Crippen LogP contribution in [-0.2, 0) is 4.79 Å². The van der Waals surface area contributed by atoms with E-state index >= 15 is 0 Å². The van der Waals surface area contributed by atoms with Crippen LogP contribution in [0.2, 0.25) is 0 Å². The molecule has 1 fully saturated rings. The van der Waals surface area contributed by atoms with Crippen molar-refractivity contribution in [2.75, 3.05) is 32.5 Å². The lowest BCUT2D eigenvalue weighted by molar-refractivity contribution is -0.123. The third kappa shape index (κ3) is 2.22. The zero-order chi connectivity index (χ0) is 13.1. The Labute approximate surface area is 105 Å². The van der Waals surface area contributed by atoms with Crippen LogP contribution >= 0.6 is 0 Å². The van der Waals surface area contributed by atoms with Crippen molar-refractivity contribution in [1.29, 1.82) is 0 Å². The Balaban J connectivity index is 2.30. The summed E-state index contributed by atoms with van der Waals surface area (Å²) in [6.07, 6.45) is 0. The van der Waals surface area contributed by atoms with Gasteiger partial charge in [-0.15, -0.1) is 0 Å². The molecule has 1 aliphatic rings. The summed E-state index contributed by atoms with van der Waals surface area (Å²) in [5, 5.41) is 2.67. The monoisotopic (exact) mass is 249 g/mol. The molecule has 6 heteroatoms. The van der Waals surface area contributed by atoms with Crippen molar-refractivity contribution in [1.82, 2.24) is 10.2 Å². The van der Waals surface area contributed by atoms with Crippen LogP contribution in [0.25, 0.3) is 0 Å². The number of nitrogens with two attached hydrogens (primary N) is 1. The maximum atomic E-state index is 12.3.